The highest BCUT2D eigenvalue weighted by molar-refractivity contribution is 5.76. The molecule has 1 aliphatic heterocycles. The van der Waals surface area contributed by atoms with Crippen molar-refractivity contribution >= 4 is 5.91 Å². The van der Waals surface area contributed by atoms with Gasteiger partial charge >= 0.3 is 0 Å². The number of carbonyl (C=O) groups is 1. The molecule has 1 aromatic rings. The standard InChI is InChI=1S/C16H23FN2O2/c1-12-10-14(18)7-8-19(12)16(20)6-3-9-21-15-5-2-4-13(17)11-15/h2,4-5,11-12,14H,3,6-10,18H2,1H3/t12-,14-/m0/s1. The Kier molecular flexibility index (Phi) is 5.56. The number of halogens is 1. The molecule has 1 aliphatic rings. The minimum absolute atomic E-state index is 0.150. The van der Waals surface area contributed by atoms with Crippen LogP contribution in [0.3, 0.4) is 0 Å². The predicted octanol–water partition coefficient (Wildman–Crippen LogP) is 2.32. The summed E-state index contributed by atoms with van der Waals surface area (Å²) in [6.07, 6.45) is 2.82. The van der Waals surface area contributed by atoms with Crippen LogP contribution in [0.25, 0.3) is 0 Å². The van der Waals surface area contributed by atoms with E-state index in [0.717, 1.165) is 19.4 Å². The number of hydrogen-bond donors (Lipinski definition) is 1. The fourth-order valence-corrected chi connectivity index (χ4v) is 2.69. The van der Waals surface area contributed by atoms with Crippen LogP contribution in [0.5, 0.6) is 5.75 Å². The molecule has 1 saturated heterocycles. The first kappa shape index (κ1) is 15.8. The van der Waals surface area contributed by atoms with Gasteiger partial charge in [-0.15, -0.1) is 0 Å². The van der Waals surface area contributed by atoms with Crippen LogP contribution < -0.4 is 10.5 Å². The average Bonchev–Trinajstić information content (AvgIpc) is 2.43. The second kappa shape index (κ2) is 7.41. The lowest BCUT2D eigenvalue weighted by Crippen LogP contribution is -2.48. The third-order valence-electron chi connectivity index (χ3n) is 3.84. The van der Waals surface area contributed by atoms with Crippen LogP contribution in [-0.2, 0) is 4.79 Å². The smallest absolute Gasteiger partial charge is 0.222 e. The van der Waals surface area contributed by atoms with E-state index >= 15 is 0 Å². The molecule has 0 radical (unpaired) electrons. The van der Waals surface area contributed by atoms with E-state index in [-0.39, 0.29) is 23.8 Å². The van der Waals surface area contributed by atoms with Gasteiger partial charge in [0.15, 0.2) is 0 Å². The van der Waals surface area contributed by atoms with Crippen molar-refractivity contribution in [1.29, 1.82) is 0 Å². The Balaban J connectivity index is 1.70. The topological polar surface area (TPSA) is 55.6 Å². The summed E-state index contributed by atoms with van der Waals surface area (Å²) >= 11 is 0. The molecule has 0 unspecified atom stereocenters. The molecule has 1 amide bonds. The summed E-state index contributed by atoms with van der Waals surface area (Å²) in [6.45, 7) is 3.20. The molecular formula is C16H23FN2O2. The maximum absolute atomic E-state index is 13.0. The van der Waals surface area contributed by atoms with Gasteiger partial charge in [-0.2, -0.15) is 0 Å². The first-order chi connectivity index (χ1) is 10.1. The van der Waals surface area contributed by atoms with E-state index in [4.69, 9.17) is 10.5 Å². The summed E-state index contributed by atoms with van der Waals surface area (Å²) in [4.78, 5) is 14.1. The molecule has 2 N–H and O–H groups in total. The van der Waals surface area contributed by atoms with Gasteiger partial charge in [0.1, 0.15) is 11.6 Å². The van der Waals surface area contributed by atoms with E-state index in [1.165, 1.54) is 12.1 Å². The summed E-state index contributed by atoms with van der Waals surface area (Å²) in [7, 11) is 0. The van der Waals surface area contributed by atoms with Crippen LogP contribution in [0.1, 0.15) is 32.6 Å². The Morgan fingerprint density at radius 1 is 1.52 bits per heavy atom. The lowest BCUT2D eigenvalue weighted by atomic mass is 9.98. The highest BCUT2D eigenvalue weighted by atomic mass is 19.1. The Bertz CT molecular complexity index is 481. The SMILES string of the molecule is C[C@H]1C[C@@H](N)CCN1C(=O)CCCOc1cccc(F)c1. The number of ether oxygens (including phenoxy) is 1. The Morgan fingerprint density at radius 2 is 2.33 bits per heavy atom. The molecular weight excluding hydrogens is 271 g/mol. The van der Waals surface area contributed by atoms with Gasteiger partial charge in [0.2, 0.25) is 5.91 Å². The molecule has 116 valence electrons. The van der Waals surface area contributed by atoms with Crippen molar-refractivity contribution in [2.45, 2.75) is 44.7 Å². The molecule has 1 fully saturated rings. The quantitative estimate of drug-likeness (QED) is 0.848. The van der Waals surface area contributed by atoms with Crippen LogP contribution in [0.2, 0.25) is 0 Å². The predicted molar refractivity (Wildman–Crippen MR) is 79.5 cm³/mol. The lowest BCUT2D eigenvalue weighted by Gasteiger charge is -2.36. The molecule has 5 heteroatoms. The van der Waals surface area contributed by atoms with Crippen LogP contribution in [0.4, 0.5) is 4.39 Å². The van der Waals surface area contributed by atoms with Gasteiger partial charge in [-0.25, -0.2) is 4.39 Å². The fraction of sp³-hybridized carbons (Fsp3) is 0.562. The normalized spacial score (nSPS) is 22.1. The molecule has 1 aromatic carbocycles. The number of likely N-dealkylation sites (tertiary alicyclic amines) is 1. The zero-order chi connectivity index (χ0) is 15.2. The molecule has 2 atom stereocenters. The number of amides is 1. The number of carbonyl (C=O) groups excluding carboxylic acids is 1. The summed E-state index contributed by atoms with van der Waals surface area (Å²) < 4.78 is 18.4. The lowest BCUT2D eigenvalue weighted by molar-refractivity contribution is -0.134. The molecule has 0 saturated carbocycles. The van der Waals surface area contributed by atoms with Crippen molar-refractivity contribution in [3.63, 3.8) is 0 Å². The maximum Gasteiger partial charge on any atom is 0.222 e. The zero-order valence-corrected chi connectivity index (χ0v) is 12.4. The van der Waals surface area contributed by atoms with E-state index in [9.17, 15) is 9.18 Å². The van der Waals surface area contributed by atoms with Crippen LogP contribution >= 0.6 is 0 Å². The van der Waals surface area contributed by atoms with Gasteiger partial charge < -0.3 is 15.4 Å². The van der Waals surface area contributed by atoms with E-state index < -0.39 is 0 Å². The van der Waals surface area contributed by atoms with E-state index in [2.05, 4.69) is 0 Å². The first-order valence-corrected chi connectivity index (χ1v) is 7.49. The molecule has 21 heavy (non-hydrogen) atoms. The van der Waals surface area contributed by atoms with Gasteiger partial charge in [0.05, 0.1) is 6.61 Å². The van der Waals surface area contributed by atoms with Crippen molar-refractivity contribution in [2.24, 2.45) is 5.73 Å². The average molecular weight is 294 g/mol. The van der Waals surface area contributed by atoms with Crippen molar-refractivity contribution in [3.05, 3.63) is 30.1 Å². The summed E-state index contributed by atoms with van der Waals surface area (Å²) in [6, 6.07) is 6.45. The van der Waals surface area contributed by atoms with E-state index in [0.29, 0.717) is 25.2 Å². The van der Waals surface area contributed by atoms with Crippen molar-refractivity contribution < 1.29 is 13.9 Å². The van der Waals surface area contributed by atoms with Crippen LogP contribution in [0.15, 0.2) is 24.3 Å². The minimum Gasteiger partial charge on any atom is -0.493 e. The number of rotatable bonds is 5. The Hall–Kier alpha value is -1.62. The largest absolute Gasteiger partial charge is 0.493 e. The van der Waals surface area contributed by atoms with Crippen molar-refractivity contribution in [2.75, 3.05) is 13.2 Å². The monoisotopic (exact) mass is 294 g/mol. The van der Waals surface area contributed by atoms with Crippen LogP contribution in [0, 0.1) is 5.82 Å². The summed E-state index contributed by atoms with van der Waals surface area (Å²) in [5, 5.41) is 0. The number of benzene rings is 1. The highest BCUT2D eigenvalue weighted by Crippen LogP contribution is 2.17. The van der Waals surface area contributed by atoms with Gasteiger partial charge in [-0.3, -0.25) is 4.79 Å². The maximum atomic E-state index is 13.0. The van der Waals surface area contributed by atoms with E-state index in [1.807, 2.05) is 11.8 Å². The second-order valence-electron chi connectivity index (χ2n) is 5.63. The van der Waals surface area contributed by atoms with Gasteiger partial charge in [-0.1, -0.05) is 6.07 Å². The van der Waals surface area contributed by atoms with Crippen molar-refractivity contribution in [1.82, 2.24) is 4.90 Å². The number of nitrogens with two attached hydrogens (primary N) is 1. The molecule has 4 nitrogen and oxygen atoms in total. The number of nitrogens with zero attached hydrogens (tertiary/aromatic N) is 1. The van der Waals surface area contributed by atoms with E-state index in [1.54, 1.807) is 12.1 Å². The first-order valence-electron chi connectivity index (χ1n) is 7.49. The minimum atomic E-state index is -0.318. The number of piperidine rings is 1. The van der Waals surface area contributed by atoms with Gasteiger partial charge in [0, 0.05) is 31.1 Å². The Morgan fingerprint density at radius 3 is 3.05 bits per heavy atom. The zero-order valence-electron chi connectivity index (χ0n) is 12.4. The molecule has 0 aromatic heterocycles. The Labute approximate surface area is 125 Å². The third-order valence-corrected chi connectivity index (χ3v) is 3.84. The molecule has 0 bridgehead atoms. The highest BCUT2D eigenvalue weighted by Gasteiger charge is 2.26. The van der Waals surface area contributed by atoms with Crippen molar-refractivity contribution in [3.8, 4) is 5.75 Å². The molecule has 2 rings (SSSR count). The summed E-state index contributed by atoms with van der Waals surface area (Å²) in [5.41, 5.74) is 5.90. The second-order valence-corrected chi connectivity index (χ2v) is 5.63. The van der Waals surface area contributed by atoms with Crippen LogP contribution in [-0.4, -0.2) is 36.0 Å². The number of hydrogen-bond acceptors (Lipinski definition) is 3. The van der Waals surface area contributed by atoms with Gasteiger partial charge in [0.25, 0.3) is 0 Å². The third kappa shape index (κ3) is 4.70. The fourth-order valence-electron chi connectivity index (χ4n) is 2.69. The molecule has 0 spiro atoms. The molecule has 0 aliphatic carbocycles. The summed E-state index contributed by atoms with van der Waals surface area (Å²) in [5.74, 6) is 0.332. The van der Waals surface area contributed by atoms with Gasteiger partial charge in [-0.05, 0) is 38.3 Å². The molecule has 1 heterocycles.